The summed E-state index contributed by atoms with van der Waals surface area (Å²) in [6.45, 7) is 4.41. The molecule has 2 rings (SSSR count). The highest BCUT2D eigenvalue weighted by atomic mass is 16.3. The number of benzene rings is 2. The minimum absolute atomic E-state index is 0.254. The van der Waals surface area contributed by atoms with Gasteiger partial charge in [0.1, 0.15) is 0 Å². The van der Waals surface area contributed by atoms with Gasteiger partial charge in [-0.15, -0.1) is 0 Å². The third-order valence-corrected chi connectivity index (χ3v) is 3.89. The topological polar surface area (TPSA) is 23.5 Å². The van der Waals surface area contributed by atoms with E-state index in [1.807, 2.05) is 12.1 Å². The van der Waals surface area contributed by atoms with Gasteiger partial charge in [-0.1, -0.05) is 48.5 Å². The first-order valence-electron chi connectivity index (χ1n) is 7.78. The fourth-order valence-corrected chi connectivity index (χ4v) is 2.76. The Morgan fingerprint density at radius 2 is 1.57 bits per heavy atom. The Hall–Kier alpha value is -1.80. The van der Waals surface area contributed by atoms with Crippen molar-refractivity contribution in [1.29, 1.82) is 0 Å². The Kier molecular flexibility index (Phi) is 6.29. The Balaban J connectivity index is 2.04. The predicted octanol–water partition coefficient (Wildman–Crippen LogP) is 3.75. The van der Waals surface area contributed by atoms with Crippen molar-refractivity contribution in [2.24, 2.45) is 5.92 Å². The number of aliphatic hydroxyl groups excluding tert-OH is 1. The lowest BCUT2D eigenvalue weighted by molar-refractivity contribution is 0.257. The van der Waals surface area contributed by atoms with E-state index in [4.69, 9.17) is 0 Å². The van der Waals surface area contributed by atoms with E-state index in [1.165, 1.54) is 11.3 Å². The molecular formula is C19H25NO. The highest BCUT2D eigenvalue weighted by Gasteiger charge is 2.14. The summed E-state index contributed by atoms with van der Waals surface area (Å²) < 4.78 is 0. The molecule has 0 heterocycles. The molecule has 0 aliphatic carbocycles. The lowest BCUT2D eigenvalue weighted by Gasteiger charge is -2.28. The molecule has 1 atom stereocenters. The van der Waals surface area contributed by atoms with Crippen LogP contribution in [0.3, 0.4) is 0 Å². The zero-order valence-electron chi connectivity index (χ0n) is 12.8. The van der Waals surface area contributed by atoms with Crippen LogP contribution in [0.5, 0.6) is 0 Å². The average molecular weight is 283 g/mol. The molecule has 0 saturated heterocycles. The number of hydrogen-bond acceptors (Lipinski definition) is 2. The molecule has 0 fully saturated rings. The smallest absolute Gasteiger partial charge is 0.0434 e. The average Bonchev–Trinajstić information content (AvgIpc) is 2.54. The van der Waals surface area contributed by atoms with Crippen LogP contribution in [0.1, 0.15) is 18.9 Å². The van der Waals surface area contributed by atoms with E-state index in [2.05, 4.69) is 60.4 Å². The van der Waals surface area contributed by atoms with Crippen molar-refractivity contribution in [2.75, 3.05) is 24.6 Å². The summed E-state index contributed by atoms with van der Waals surface area (Å²) >= 11 is 0. The van der Waals surface area contributed by atoms with Gasteiger partial charge >= 0.3 is 0 Å². The molecule has 0 amide bonds. The van der Waals surface area contributed by atoms with Gasteiger partial charge in [0.15, 0.2) is 0 Å². The molecule has 2 aromatic carbocycles. The molecule has 2 nitrogen and oxygen atoms in total. The second kappa shape index (κ2) is 8.48. The zero-order chi connectivity index (χ0) is 14.9. The summed E-state index contributed by atoms with van der Waals surface area (Å²) in [5.41, 5.74) is 2.61. The van der Waals surface area contributed by atoms with Gasteiger partial charge in [0, 0.05) is 25.4 Å². The standard InChI is InChI=1S/C19H25NO/c1-2-20(19-11-7-4-8-12-19)16-18(13-14-21)15-17-9-5-3-6-10-17/h3-12,18,21H,2,13-16H2,1H3. The quantitative estimate of drug-likeness (QED) is 0.797. The maximum absolute atomic E-state index is 9.35. The molecule has 2 heteroatoms. The van der Waals surface area contributed by atoms with Crippen LogP contribution in [0.2, 0.25) is 0 Å². The highest BCUT2D eigenvalue weighted by Crippen LogP contribution is 2.19. The van der Waals surface area contributed by atoms with E-state index in [-0.39, 0.29) is 6.61 Å². The monoisotopic (exact) mass is 283 g/mol. The van der Waals surface area contributed by atoms with Crippen LogP contribution in [-0.4, -0.2) is 24.8 Å². The first kappa shape index (κ1) is 15.6. The molecule has 2 aromatic rings. The third-order valence-electron chi connectivity index (χ3n) is 3.89. The highest BCUT2D eigenvalue weighted by molar-refractivity contribution is 5.45. The third kappa shape index (κ3) is 4.91. The number of anilines is 1. The van der Waals surface area contributed by atoms with Crippen LogP contribution in [0, 0.1) is 5.92 Å². The molecule has 0 spiro atoms. The minimum Gasteiger partial charge on any atom is -0.396 e. The van der Waals surface area contributed by atoms with Crippen molar-refractivity contribution in [3.05, 3.63) is 66.2 Å². The Bertz CT molecular complexity index is 497. The van der Waals surface area contributed by atoms with Gasteiger partial charge in [0.25, 0.3) is 0 Å². The van der Waals surface area contributed by atoms with Crippen LogP contribution in [0.15, 0.2) is 60.7 Å². The maximum Gasteiger partial charge on any atom is 0.0434 e. The lowest BCUT2D eigenvalue weighted by Crippen LogP contribution is -2.30. The fraction of sp³-hybridized carbons (Fsp3) is 0.368. The number of para-hydroxylation sites is 1. The number of hydrogen-bond donors (Lipinski definition) is 1. The fourth-order valence-electron chi connectivity index (χ4n) is 2.76. The molecule has 1 unspecified atom stereocenters. The van der Waals surface area contributed by atoms with Gasteiger partial charge in [-0.2, -0.15) is 0 Å². The second-order valence-electron chi connectivity index (χ2n) is 5.44. The van der Waals surface area contributed by atoms with E-state index in [0.29, 0.717) is 5.92 Å². The van der Waals surface area contributed by atoms with Gasteiger partial charge in [0.05, 0.1) is 0 Å². The molecule has 0 radical (unpaired) electrons. The Morgan fingerprint density at radius 3 is 2.14 bits per heavy atom. The van der Waals surface area contributed by atoms with Crippen LogP contribution in [0.4, 0.5) is 5.69 Å². The maximum atomic E-state index is 9.35. The van der Waals surface area contributed by atoms with Gasteiger partial charge in [-0.3, -0.25) is 0 Å². The van der Waals surface area contributed by atoms with Crippen LogP contribution < -0.4 is 4.90 Å². The number of rotatable bonds is 8. The van der Waals surface area contributed by atoms with Crippen LogP contribution in [-0.2, 0) is 6.42 Å². The first-order valence-corrected chi connectivity index (χ1v) is 7.78. The molecule has 0 saturated carbocycles. The molecule has 0 aliphatic heterocycles. The van der Waals surface area contributed by atoms with E-state index < -0.39 is 0 Å². The van der Waals surface area contributed by atoms with Gasteiger partial charge in [-0.25, -0.2) is 0 Å². The Labute approximate surface area is 128 Å². The van der Waals surface area contributed by atoms with E-state index in [0.717, 1.165) is 25.9 Å². The van der Waals surface area contributed by atoms with Crippen molar-refractivity contribution < 1.29 is 5.11 Å². The summed E-state index contributed by atoms with van der Waals surface area (Å²) in [6, 6.07) is 21.1. The molecule has 0 aromatic heterocycles. The van der Waals surface area contributed by atoms with Gasteiger partial charge < -0.3 is 10.0 Å². The normalized spacial score (nSPS) is 12.1. The molecule has 0 bridgehead atoms. The summed E-state index contributed by atoms with van der Waals surface area (Å²) in [5, 5.41) is 9.35. The van der Waals surface area contributed by atoms with Gasteiger partial charge in [0.2, 0.25) is 0 Å². The predicted molar refractivity (Wildman–Crippen MR) is 89.7 cm³/mol. The molecule has 0 aliphatic rings. The SMILES string of the molecule is CCN(CC(CCO)Cc1ccccc1)c1ccccc1. The van der Waals surface area contributed by atoms with Crippen molar-refractivity contribution in [1.82, 2.24) is 0 Å². The zero-order valence-corrected chi connectivity index (χ0v) is 12.8. The first-order chi connectivity index (χ1) is 10.3. The van der Waals surface area contributed by atoms with Crippen molar-refractivity contribution in [3.63, 3.8) is 0 Å². The van der Waals surface area contributed by atoms with Gasteiger partial charge in [-0.05, 0) is 43.4 Å². The van der Waals surface area contributed by atoms with Crippen LogP contribution >= 0.6 is 0 Å². The van der Waals surface area contributed by atoms with Crippen molar-refractivity contribution >= 4 is 5.69 Å². The molecular weight excluding hydrogens is 258 g/mol. The molecule has 112 valence electrons. The molecule has 21 heavy (non-hydrogen) atoms. The van der Waals surface area contributed by atoms with Crippen molar-refractivity contribution in [2.45, 2.75) is 19.8 Å². The van der Waals surface area contributed by atoms with Crippen LogP contribution in [0.25, 0.3) is 0 Å². The summed E-state index contributed by atoms with van der Waals surface area (Å²) in [5.74, 6) is 0.470. The summed E-state index contributed by atoms with van der Waals surface area (Å²) in [6.07, 6.45) is 1.86. The molecule has 1 N–H and O–H groups in total. The largest absolute Gasteiger partial charge is 0.396 e. The minimum atomic E-state index is 0.254. The summed E-state index contributed by atoms with van der Waals surface area (Å²) in [7, 11) is 0. The van der Waals surface area contributed by atoms with E-state index in [9.17, 15) is 5.11 Å². The number of aliphatic hydroxyl groups is 1. The Morgan fingerprint density at radius 1 is 0.952 bits per heavy atom. The second-order valence-corrected chi connectivity index (χ2v) is 5.44. The van der Waals surface area contributed by atoms with E-state index >= 15 is 0 Å². The van der Waals surface area contributed by atoms with Crippen molar-refractivity contribution in [3.8, 4) is 0 Å². The van der Waals surface area contributed by atoms with E-state index in [1.54, 1.807) is 0 Å². The number of nitrogens with zero attached hydrogens (tertiary/aromatic N) is 1. The lowest BCUT2D eigenvalue weighted by atomic mass is 9.95. The summed E-state index contributed by atoms with van der Waals surface area (Å²) in [4.78, 5) is 2.39.